The van der Waals surface area contributed by atoms with Crippen molar-refractivity contribution in [2.75, 3.05) is 0 Å². The van der Waals surface area contributed by atoms with E-state index in [1.54, 1.807) is 5.38 Å². The lowest BCUT2D eigenvalue weighted by molar-refractivity contribution is 0.0937. The van der Waals surface area contributed by atoms with Crippen LogP contribution in [-0.4, -0.2) is 22.8 Å². The topological polar surface area (TPSA) is 71.1 Å². The first kappa shape index (κ1) is 15.7. The standard InChI is InChI=1S/C17H19N3O2S/c21-15(18-10-12-6-2-1-3-7-12)14-11-23-17(20-14)16(22)19-13-8-4-5-9-13/h1-3,6-7,11,13H,4-5,8-10H2,(H,18,21)(H,19,22). The molecule has 1 heterocycles. The van der Waals surface area contributed by atoms with E-state index in [-0.39, 0.29) is 17.9 Å². The van der Waals surface area contributed by atoms with E-state index in [9.17, 15) is 9.59 Å². The molecule has 1 aromatic heterocycles. The molecule has 120 valence electrons. The maximum atomic E-state index is 12.1. The van der Waals surface area contributed by atoms with Gasteiger partial charge in [0.15, 0.2) is 5.01 Å². The summed E-state index contributed by atoms with van der Waals surface area (Å²) in [6, 6.07) is 9.93. The number of nitrogens with one attached hydrogen (secondary N) is 2. The Morgan fingerprint density at radius 1 is 1.13 bits per heavy atom. The van der Waals surface area contributed by atoms with Crippen LogP contribution in [-0.2, 0) is 6.54 Å². The summed E-state index contributed by atoms with van der Waals surface area (Å²) in [7, 11) is 0. The minimum absolute atomic E-state index is 0.177. The van der Waals surface area contributed by atoms with E-state index < -0.39 is 0 Å². The molecule has 0 spiro atoms. The average molecular weight is 329 g/mol. The summed E-state index contributed by atoms with van der Waals surface area (Å²) in [6.45, 7) is 0.445. The van der Waals surface area contributed by atoms with Crippen LogP contribution in [0.15, 0.2) is 35.7 Å². The zero-order chi connectivity index (χ0) is 16.1. The van der Waals surface area contributed by atoms with Crippen LogP contribution in [0.2, 0.25) is 0 Å². The minimum atomic E-state index is -0.259. The molecule has 1 aliphatic rings. The van der Waals surface area contributed by atoms with E-state index in [0.717, 1.165) is 31.2 Å². The summed E-state index contributed by atoms with van der Waals surface area (Å²) in [4.78, 5) is 28.4. The molecule has 1 aliphatic carbocycles. The predicted molar refractivity (Wildman–Crippen MR) is 89.4 cm³/mol. The SMILES string of the molecule is O=C(NCc1ccccc1)c1csc(C(=O)NC2CCCC2)n1. The van der Waals surface area contributed by atoms with Crippen molar-refractivity contribution >= 4 is 23.2 Å². The second-order valence-corrected chi connectivity index (χ2v) is 6.52. The highest BCUT2D eigenvalue weighted by Gasteiger charge is 2.20. The van der Waals surface area contributed by atoms with Gasteiger partial charge in [0, 0.05) is 18.0 Å². The van der Waals surface area contributed by atoms with Crippen LogP contribution in [0.1, 0.15) is 51.5 Å². The molecule has 3 rings (SSSR count). The molecule has 2 aromatic rings. The highest BCUT2D eigenvalue weighted by atomic mass is 32.1. The molecular formula is C17H19N3O2S. The molecule has 5 nitrogen and oxygen atoms in total. The van der Waals surface area contributed by atoms with Crippen LogP contribution in [0.3, 0.4) is 0 Å². The molecule has 2 N–H and O–H groups in total. The zero-order valence-electron chi connectivity index (χ0n) is 12.7. The fourth-order valence-electron chi connectivity index (χ4n) is 2.67. The Morgan fingerprint density at radius 2 is 1.87 bits per heavy atom. The van der Waals surface area contributed by atoms with Crippen molar-refractivity contribution in [1.29, 1.82) is 0 Å². The van der Waals surface area contributed by atoms with Gasteiger partial charge in [0.1, 0.15) is 5.69 Å². The molecule has 1 aromatic carbocycles. The second-order valence-electron chi connectivity index (χ2n) is 5.66. The Hall–Kier alpha value is -2.21. The number of rotatable bonds is 5. The van der Waals surface area contributed by atoms with Crippen molar-refractivity contribution in [1.82, 2.24) is 15.6 Å². The summed E-state index contributed by atoms with van der Waals surface area (Å²) >= 11 is 1.21. The van der Waals surface area contributed by atoms with Crippen LogP contribution in [0, 0.1) is 0 Å². The summed E-state index contributed by atoms with van der Waals surface area (Å²) in [6.07, 6.45) is 4.38. The summed E-state index contributed by atoms with van der Waals surface area (Å²) in [5.74, 6) is -0.436. The van der Waals surface area contributed by atoms with E-state index in [0.29, 0.717) is 17.2 Å². The van der Waals surface area contributed by atoms with Gasteiger partial charge < -0.3 is 10.6 Å². The number of aromatic nitrogens is 1. The third-order valence-corrected chi connectivity index (χ3v) is 4.76. The van der Waals surface area contributed by atoms with Crippen LogP contribution < -0.4 is 10.6 Å². The van der Waals surface area contributed by atoms with Gasteiger partial charge in [0.05, 0.1) is 0 Å². The number of carbonyl (C=O) groups excluding carboxylic acids is 2. The summed E-state index contributed by atoms with van der Waals surface area (Å²) < 4.78 is 0. The largest absolute Gasteiger partial charge is 0.347 e. The number of amides is 2. The maximum absolute atomic E-state index is 12.1. The van der Waals surface area contributed by atoms with Crippen molar-refractivity contribution in [3.05, 3.63) is 52.0 Å². The van der Waals surface area contributed by atoms with E-state index in [1.165, 1.54) is 11.3 Å². The van der Waals surface area contributed by atoms with E-state index in [4.69, 9.17) is 0 Å². The smallest absolute Gasteiger partial charge is 0.280 e. The molecule has 0 bridgehead atoms. The third kappa shape index (κ3) is 4.16. The van der Waals surface area contributed by atoms with Gasteiger partial charge in [0.2, 0.25) is 0 Å². The van der Waals surface area contributed by atoms with Gasteiger partial charge in [-0.15, -0.1) is 11.3 Å². The number of hydrogen-bond donors (Lipinski definition) is 2. The monoisotopic (exact) mass is 329 g/mol. The highest BCUT2D eigenvalue weighted by Crippen LogP contribution is 2.19. The average Bonchev–Trinajstić information content (AvgIpc) is 3.25. The first-order chi connectivity index (χ1) is 11.2. The van der Waals surface area contributed by atoms with Gasteiger partial charge in [-0.25, -0.2) is 4.98 Å². The van der Waals surface area contributed by atoms with E-state index in [2.05, 4.69) is 15.6 Å². The first-order valence-corrected chi connectivity index (χ1v) is 8.69. The lowest BCUT2D eigenvalue weighted by Gasteiger charge is -2.09. The quantitative estimate of drug-likeness (QED) is 0.886. The molecule has 23 heavy (non-hydrogen) atoms. The van der Waals surface area contributed by atoms with Crippen molar-refractivity contribution in [2.45, 2.75) is 38.3 Å². The van der Waals surface area contributed by atoms with Crippen molar-refractivity contribution in [3.8, 4) is 0 Å². The van der Waals surface area contributed by atoms with Crippen LogP contribution >= 0.6 is 11.3 Å². The Bertz CT molecular complexity index is 678. The lowest BCUT2D eigenvalue weighted by Crippen LogP contribution is -2.32. The molecule has 0 saturated heterocycles. The fourth-order valence-corrected chi connectivity index (χ4v) is 3.37. The van der Waals surface area contributed by atoms with Crippen molar-refractivity contribution in [2.24, 2.45) is 0 Å². The normalized spacial score (nSPS) is 14.6. The molecule has 0 unspecified atom stereocenters. The number of carbonyl (C=O) groups is 2. The summed E-state index contributed by atoms with van der Waals surface area (Å²) in [5, 5.41) is 7.77. The van der Waals surface area contributed by atoms with E-state index in [1.807, 2.05) is 30.3 Å². The molecule has 0 radical (unpaired) electrons. The van der Waals surface area contributed by atoms with Crippen LogP contribution in [0.25, 0.3) is 0 Å². The lowest BCUT2D eigenvalue weighted by atomic mass is 10.2. The van der Waals surface area contributed by atoms with Gasteiger partial charge in [-0.1, -0.05) is 43.2 Å². The van der Waals surface area contributed by atoms with Gasteiger partial charge in [-0.05, 0) is 18.4 Å². The number of benzene rings is 1. The maximum Gasteiger partial charge on any atom is 0.280 e. The van der Waals surface area contributed by atoms with Crippen molar-refractivity contribution in [3.63, 3.8) is 0 Å². The number of thiazole rings is 1. The fraction of sp³-hybridized carbons (Fsp3) is 0.353. The third-order valence-electron chi connectivity index (χ3n) is 3.92. The Labute approximate surface area is 139 Å². The van der Waals surface area contributed by atoms with Crippen LogP contribution in [0.4, 0.5) is 0 Å². The van der Waals surface area contributed by atoms with E-state index >= 15 is 0 Å². The van der Waals surface area contributed by atoms with Crippen LogP contribution in [0.5, 0.6) is 0 Å². The van der Waals surface area contributed by atoms with Crippen molar-refractivity contribution < 1.29 is 9.59 Å². The number of nitrogens with zero attached hydrogens (tertiary/aromatic N) is 1. The van der Waals surface area contributed by atoms with Gasteiger partial charge in [-0.3, -0.25) is 9.59 Å². The Kier molecular flexibility index (Phi) is 5.02. The molecule has 1 saturated carbocycles. The molecule has 1 fully saturated rings. The highest BCUT2D eigenvalue weighted by molar-refractivity contribution is 7.11. The predicted octanol–water partition coefficient (Wildman–Crippen LogP) is 2.75. The first-order valence-electron chi connectivity index (χ1n) is 7.81. The molecule has 2 amide bonds. The molecule has 0 atom stereocenters. The molecule has 6 heteroatoms. The van der Waals surface area contributed by atoms with Gasteiger partial charge in [-0.2, -0.15) is 0 Å². The molecule has 0 aliphatic heterocycles. The van der Waals surface area contributed by atoms with Gasteiger partial charge >= 0.3 is 0 Å². The number of hydrogen-bond acceptors (Lipinski definition) is 4. The minimum Gasteiger partial charge on any atom is -0.347 e. The second kappa shape index (κ2) is 7.37. The summed E-state index contributed by atoms with van der Waals surface area (Å²) in [5.41, 5.74) is 1.32. The van der Waals surface area contributed by atoms with Gasteiger partial charge in [0.25, 0.3) is 11.8 Å². The Morgan fingerprint density at radius 3 is 2.61 bits per heavy atom. The molecular weight excluding hydrogens is 310 g/mol. The Balaban J connectivity index is 1.55. The zero-order valence-corrected chi connectivity index (χ0v) is 13.6.